The number of rotatable bonds is 4. The van der Waals surface area contributed by atoms with Crippen LogP contribution in [0.15, 0.2) is 24.3 Å². The molecule has 0 spiro atoms. The minimum atomic E-state index is -1.52. The van der Waals surface area contributed by atoms with Gasteiger partial charge in [0.05, 0.1) is 0 Å². The zero-order valence-corrected chi connectivity index (χ0v) is 11.5. The van der Waals surface area contributed by atoms with Gasteiger partial charge in [-0.1, -0.05) is 24.3 Å². The van der Waals surface area contributed by atoms with Crippen molar-refractivity contribution in [2.45, 2.75) is 30.1 Å². The minimum absolute atomic E-state index is 0.246. The molecular weight excluding hydrogens is 260 g/mol. The van der Waals surface area contributed by atoms with E-state index in [1.807, 2.05) is 0 Å². The molecule has 1 aliphatic rings. The topological polar surface area (TPSA) is 74.6 Å². The monoisotopic (exact) mass is 278 g/mol. The first-order valence-electron chi connectivity index (χ1n) is 5.40. The zero-order chi connectivity index (χ0) is 13.1. The molecule has 0 saturated carbocycles. The third-order valence-corrected chi connectivity index (χ3v) is 7.65. The number of hydrogen-bond acceptors (Lipinski definition) is 4. The molecule has 1 fully saturated rings. The van der Waals surface area contributed by atoms with E-state index >= 15 is 0 Å². The van der Waals surface area contributed by atoms with Gasteiger partial charge in [0.1, 0.15) is 12.2 Å². The molecule has 1 saturated heterocycles. The van der Waals surface area contributed by atoms with Crippen LogP contribution in [0.4, 0.5) is 0 Å². The highest BCUT2D eigenvalue weighted by atomic mass is 32.3. The van der Waals surface area contributed by atoms with Crippen LogP contribution in [0.1, 0.15) is 13.8 Å². The summed E-state index contributed by atoms with van der Waals surface area (Å²) < 4.78 is 22.7. The van der Waals surface area contributed by atoms with Crippen LogP contribution in [0.25, 0.3) is 0 Å². The summed E-state index contributed by atoms with van der Waals surface area (Å²) in [4.78, 5) is 0. The van der Waals surface area contributed by atoms with Crippen LogP contribution in [0.2, 0.25) is 0 Å². The highest BCUT2D eigenvalue weighted by molar-refractivity contribution is 8.07. The Morgan fingerprint density at radius 3 is 1.65 bits per heavy atom. The Hall–Kier alpha value is -0.300. The van der Waals surface area contributed by atoms with E-state index in [-0.39, 0.29) is 11.5 Å². The second-order valence-corrected chi connectivity index (χ2v) is 7.57. The van der Waals surface area contributed by atoms with Crippen LogP contribution in [-0.2, 0) is 21.6 Å². The normalized spacial score (nSPS) is 32.2. The standard InChI is InChI=1S/C11H18O4S2/c1-3-5-9(12)11(10(13)6-4-2)16(14)7-8-17(11)15/h3-6,9-10,12-13H,7-8H2,1-2H3/b5-3+,6-4+/t9-,10?,16-,17-/m1/s1. The van der Waals surface area contributed by atoms with Gasteiger partial charge in [-0.2, -0.15) is 0 Å². The molecule has 2 N–H and O–H groups in total. The van der Waals surface area contributed by atoms with E-state index in [4.69, 9.17) is 0 Å². The summed E-state index contributed by atoms with van der Waals surface area (Å²) >= 11 is 0. The lowest BCUT2D eigenvalue weighted by Crippen LogP contribution is -2.54. The Morgan fingerprint density at radius 1 is 1.00 bits per heavy atom. The summed E-state index contributed by atoms with van der Waals surface area (Å²) in [5.74, 6) is 0.492. The van der Waals surface area contributed by atoms with Crippen molar-refractivity contribution in [2.75, 3.05) is 11.5 Å². The Labute approximate surface area is 106 Å². The lowest BCUT2D eigenvalue weighted by Gasteiger charge is -2.33. The van der Waals surface area contributed by atoms with Crippen molar-refractivity contribution in [3.8, 4) is 0 Å². The van der Waals surface area contributed by atoms with Gasteiger partial charge >= 0.3 is 0 Å². The summed E-state index contributed by atoms with van der Waals surface area (Å²) in [6.07, 6.45) is 3.69. The van der Waals surface area contributed by atoms with Crippen LogP contribution in [-0.4, -0.2) is 46.4 Å². The SMILES string of the molecule is C/C=C/C(O)C1([C@H](O)/C=C/C)[S@](=O)CC[S@]1=O. The van der Waals surface area contributed by atoms with Crippen LogP contribution in [0, 0.1) is 0 Å². The van der Waals surface area contributed by atoms with Gasteiger partial charge in [-0.25, -0.2) is 0 Å². The molecule has 0 aromatic heterocycles. The molecule has 0 bridgehead atoms. The van der Waals surface area contributed by atoms with Crippen molar-refractivity contribution in [1.82, 2.24) is 0 Å². The molecule has 98 valence electrons. The van der Waals surface area contributed by atoms with Gasteiger partial charge in [-0.15, -0.1) is 0 Å². The first kappa shape index (κ1) is 14.8. The summed E-state index contributed by atoms with van der Waals surface area (Å²) in [6, 6.07) is 0. The van der Waals surface area contributed by atoms with Crippen molar-refractivity contribution in [3.05, 3.63) is 24.3 Å². The van der Waals surface area contributed by atoms with E-state index in [1.165, 1.54) is 12.2 Å². The summed E-state index contributed by atoms with van der Waals surface area (Å²) in [5.41, 5.74) is 0. The van der Waals surface area contributed by atoms with Gasteiger partial charge in [-0.3, -0.25) is 8.42 Å². The Morgan fingerprint density at radius 2 is 1.35 bits per heavy atom. The van der Waals surface area contributed by atoms with Crippen molar-refractivity contribution in [1.29, 1.82) is 0 Å². The molecule has 1 heterocycles. The van der Waals surface area contributed by atoms with Gasteiger partial charge < -0.3 is 10.2 Å². The maximum Gasteiger partial charge on any atom is 0.179 e. The highest BCUT2D eigenvalue weighted by Gasteiger charge is 2.56. The predicted molar refractivity (Wildman–Crippen MR) is 70.4 cm³/mol. The van der Waals surface area contributed by atoms with E-state index in [9.17, 15) is 18.6 Å². The van der Waals surface area contributed by atoms with E-state index in [0.29, 0.717) is 0 Å². The van der Waals surface area contributed by atoms with Crippen LogP contribution >= 0.6 is 0 Å². The molecule has 1 unspecified atom stereocenters. The quantitative estimate of drug-likeness (QED) is 0.714. The second kappa shape index (κ2) is 6.04. The molecule has 0 aliphatic carbocycles. The molecule has 0 amide bonds. The van der Waals surface area contributed by atoms with Crippen molar-refractivity contribution >= 4 is 21.6 Å². The van der Waals surface area contributed by atoms with Gasteiger partial charge in [0.25, 0.3) is 0 Å². The number of aliphatic hydroxyl groups is 2. The third kappa shape index (κ3) is 2.45. The summed E-state index contributed by atoms with van der Waals surface area (Å²) in [5, 5.41) is 20.1. The fourth-order valence-corrected chi connectivity index (χ4v) is 6.49. The molecule has 4 nitrogen and oxygen atoms in total. The van der Waals surface area contributed by atoms with Gasteiger partial charge in [0.15, 0.2) is 4.08 Å². The first-order valence-corrected chi connectivity index (χ1v) is 8.04. The van der Waals surface area contributed by atoms with Crippen LogP contribution < -0.4 is 0 Å². The average molecular weight is 278 g/mol. The summed E-state index contributed by atoms with van der Waals surface area (Å²) in [6.45, 7) is 3.42. The Kier molecular flexibility index (Phi) is 5.24. The van der Waals surface area contributed by atoms with E-state index in [0.717, 1.165) is 0 Å². The van der Waals surface area contributed by atoms with Crippen LogP contribution in [0.3, 0.4) is 0 Å². The average Bonchev–Trinajstić information content (AvgIpc) is 2.56. The maximum atomic E-state index is 12.1. The molecule has 0 aromatic rings. The minimum Gasteiger partial charge on any atom is -0.386 e. The smallest absolute Gasteiger partial charge is 0.179 e. The predicted octanol–water partition coefficient (Wildman–Crippen LogP) is 0.0677. The lowest BCUT2D eigenvalue weighted by molar-refractivity contribution is 0.123. The van der Waals surface area contributed by atoms with Gasteiger partial charge in [0, 0.05) is 33.1 Å². The number of allylic oxidation sites excluding steroid dienone is 2. The van der Waals surface area contributed by atoms with Crippen LogP contribution in [0.5, 0.6) is 0 Å². The Balaban J connectivity index is 3.26. The fourth-order valence-electron chi connectivity index (χ4n) is 1.92. The molecular formula is C11H18O4S2. The van der Waals surface area contributed by atoms with Gasteiger partial charge in [-0.05, 0) is 13.8 Å². The number of hydrogen-bond donors (Lipinski definition) is 2. The van der Waals surface area contributed by atoms with Gasteiger partial charge in [0.2, 0.25) is 0 Å². The number of aliphatic hydroxyl groups excluding tert-OH is 2. The molecule has 4 atom stereocenters. The van der Waals surface area contributed by atoms with E-state index in [2.05, 4.69) is 0 Å². The lowest BCUT2D eigenvalue weighted by atomic mass is 10.1. The third-order valence-electron chi connectivity index (χ3n) is 2.74. The van der Waals surface area contributed by atoms with Crippen molar-refractivity contribution in [2.24, 2.45) is 0 Å². The largest absolute Gasteiger partial charge is 0.386 e. The fraction of sp³-hybridized carbons (Fsp3) is 0.636. The highest BCUT2D eigenvalue weighted by Crippen LogP contribution is 2.35. The van der Waals surface area contributed by atoms with E-state index in [1.54, 1.807) is 26.0 Å². The molecule has 6 heteroatoms. The maximum absolute atomic E-state index is 12.1. The van der Waals surface area contributed by atoms with Crippen molar-refractivity contribution in [3.63, 3.8) is 0 Å². The molecule has 0 aromatic carbocycles. The summed E-state index contributed by atoms with van der Waals surface area (Å²) in [7, 11) is -3.03. The zero-order valence-electron chi connectivity index (χ0n) is 9.91. The Bertz CT molecular complexity index is 340. The molecule has 0 radical (unpaired) electrons. The molecule has 1 aliphatic heterocycles. The molecule has 17 heavy (non-hydrogen) atoms. The van der Waals surface area contributed by atoms with Crippen molar-refractivity contribution < 1.29 is 18.6 Å². The first-order chi connectivity index (χ1) is 8.01. The molecule has 1 rings (SSSR count). The van der Waals surface area contributed by atoms with E-state index < -0.39 is 37.9 Å². The second-order valence-electron chi connectivity index (χ2n) is 3.76.